The first-order valence-electron chi connectivity index (χ1n) is 12.1. The minimum Gasteiger partial charge on any atom is -0.452 e. The van der Waals surface area contributed by atoms with Gasteiger partial charge >= 0.3 is 5.97 Å². The number of aliphatic hydroxyl groups excluding tert-OH is 1. The lowest BCUT2D eigenvalue weighted by molar-refractivity contribution is -0.172. The minimum atomic E-state index is -1.30. The van der Waals surface area contributed by atoms with Crippen molar-refractivity contribution >= 4 is 45.9 Å². The molecular weight excluding hydrogens is 508 g/mol. The van der Waals surface area contributed by atoms with E-state index in [0.29, 0.717) is 5.00 Å². The molecule has 5 rings (SSSR count). The molecule has 4 atom stereocenters. The zero-order valence-electron chi connectivity index (χ0n) is 20.5. The number of amides is 2. The second-order valence-corrected chi connectivity index (χ2v) is 11.4. The first-order chi connectivity index (χ1) is 17.8. The molecule has 0 bridgehead atoms. The Kier molecular flexibility index (Phi) is 7.11. The molecule has 37 heavy (non-hydrogen) atoms. The molecule has 0 saturated carbocycles. The predicted molar refractivity (Wildman–Crippen MR) is 144 cm³/mol. The Morgan fingerprint density at radius 1 is 1.05 bits per heavy atom. The van der Waals surface area contributed by atoms with Crippen LogP contribution < -0.4 is 4.90 Å². The molecule has 2 fully saturated rings. The SMILES string of the molecule is CC(=O)N(c1cccs1)C1C(=O)N2CC(C(=O)OC(c3ccccc3)c3ccccc3)(C(C)O)CS[C@H]12. The maximum absolute atomic E-state index is 13.8. The number of carbonyl (C=O) groups is 3. The van der Waals surface area contributed by atoms with Crippen LogP contribution in [0.1, 0.15) is 31.1 Å². The summed E-state index contributed by atoms with van der Waals surface area (Å²) in [7, 11) is 0. The lowest BCUT2D eigenvalue weighted by atomic mass is 9.82. The highest BCUT2D eigenvalue weighted by Gasteiger charge is 2.61. The number of benzene rings is 2. The van der Waals surface area contributed by atoms with Gasteiger partial charge in [-0.3, -0.25) is 19.3 Å². The van der Waals surface area contributed by atoms with Crippen LogP contribution in [0.25, 0.3) is 0 Å². The Balaban J connectivity index is 1.40. The molecule has 2 saturated heterocycles. The van der Waals surface area contributed by atoms with Crippen molar-refractivity contribution in [3.05, 3.63) is 89.3 Å². The summed E-state index contributed by atoms with van der Waals surface area (Å²) in [5.41, 5.74) is 0.336. The van der Waals surface area contributed by atoms with Crippen molar-refractivity contribution in [2.24, 2.45) is 5.41 Å². The normalized spacial score (nSPS) is 23.7. The summed E-state index contributed by atoms with van der Waals surface area (Å²) >= 11 is 2.81. The standard InChI is InChI=1S/C28H28N2O5S2/c1-18(31)28(27(34)35-24(20-10-5-3-6-11-20)21-12-7-4-8-13-21)16-29-25(33)23(26(29)37-17-28)30(19(2)32)22-14-9-15-36-22/h3-15,18,23-24,26,31H,16-17H2,1-2H3/t18?,23?,26-,28?/m1/s1. The van der Waals surface area contributed by atoms with E-state index in [1.54, 1.807) is 11.8 Å². The summed E-state index contributed by atoms with van der Waals surface area (Å²) in [6, 6.07) is 22.0. The summed E-state index contributed by atoms with van der Waals surface area (Å²) in [6.07, 6.45) is -1.70. The maximum Gasteiger partial charge on any atom is 0.318 e. The molecule has 3 aromatic rings. The van der Waals surface area contributed by atoms with Gasteiger partial charge in [0.05, 0.1) is 11.1 Å². The van der Waals surface area contributed by atoms with E-state index in [4.69, 9.17) is 4.74 Å². The molecule has 3 heterocycles. The van der Waals surface area contributed by atoms with Crippen molar-refractivity contribution in [3.8, 4) is 0 Å². The molecule has 0 aliphatic carbocycles. The Morgan fingerprint density at radius 3 is 2.19 bits per heavy atom. The van der Waals surface area contributed by atoms with Gasteiger partial charge < -0.3 is 14.7 Å². The lowest BCUT2D eigenvalue weighted by Gasteiger charge is -2.56. The molecule has 1 N–H and O–H groups in total. The monoisotopic (exact) mass is 536 g/mol. The van der Waals surface area contributed by atoms with Crippen LogP contribution in [0.2, 0.25) is 0 Å². The zero-order chi connectivity index (χ0) is 26.2. The maximum atomic E-state index is 13.8. The van der Waals surface area contributed by atoms with Crippen LogP contribution in [0.3, 0.4) is 0 Å². The minimum absolute atomic E-state index is 0.0307. The third-order valence-electron chi connectivity index (χ3n) is 7.07. The van der Waals surface area contributed by atoms with Crippen LogP contribution in [0.4, 0.5) is 5.00 Å². The van der Waals surface area contributed by atoms with Gasteiger partial charge in [-0.15, -0.1) is 23.1 Å². The fourth-order valence-corrected chi connectivity index (χ4v) is 7.43. The molecule has 0 spiro atoms. The van der Waals surface area contributed by atoms with Crippen LogP contribution >= 0.6 is 23.1 Å². The highest BCUT2D eigenvalue weighted by Crippen LogP contribution is 2.47. The number of rotatable bonds is 7. The van der Waals surface area contributed by atoms with E-state index < -0.39 is 29.6 Å². The van der Waals surface area contributed by atoms with Crippen LogP contribution in [-0.4, -0.2) is 57.6 Å². The number of ether oxygens (including phenoxy) is 1. The molecule has 1 aromatic heterocycles. The molecule has 2 aliphatic rings. The van der Waals surface area contributed by atoms with E-state index in [1.165, 1.54) is 34.9 Å². The second-order valence-electron chi connectivity index (χ2n) is 9.39. The summed E-state index contributed by atoms with van der Waals surface area (Å²) < 4.78 is 6.13. The van der Waals surface area contributed by atoms with Crippen molar-refractivity contribution in [2.45, 2.75) is 37.5 Å². The molecule has 192 valence electrons. The van der Waals surface area contributed by atoms with Crippen molar-refractivity contribution in [1.82, 2.24) is 4.90 Å². The summed E-state index contributed by atoms with van der Waals surface area (Å²) in [6.45, 7) is 3.05. The fraction of sp³-hybridized carbons (Fsp3) is 0.321. The summed E-state index contributed by atoms with van der Waals surface area (Å²) in [5.74, 6) is -0.729. The number of thioether (sulfide) groups is 1. The fourth-order valence-electron chi connectivity index (χ4n) is 4.93. The highest BCUT2D eigenvalue weighted by atomic mass is 32.2. The molecule has 2 aliphatic heterocycles. The van der Waals surface area contributed by atoms with E-state index in [1.807, 2.05) is 78.2 Å². The third-order valence-corrected chi connectivity index (χ3v) is 9.48. The predicted octanol–water partition coefficient (Wildman–Crippen LogP) is 4.08. The van der Waals surface area contributed by atoms with Crippen molar-refractivity contribution < 1.29 is 24.2 Å². The van der Waals surface area contributed by atoms with Gasteiger partial charge in [-0.1, -0.05) is 60.7 Å². The number of nitrogens with zero attached hydrogens (tertiary/aromatic N) is 2. The highest BCUT2D eigenvalue weighted by molar-refractivity contribution is 8.00. The Bertz CT molecular complexity index is 1230. The van der Waals surface area contributed by atoms with Gasteiger partial charge in [-0.05, 0) is 35.6 Å². The van der Waals surface area contributed by atoms with Crippen LogP contribution in [0.5, 0.6) is 0 Å². The molecule has 0 radical (unpaired) electrons. The third kappa shape index (κ3) is 4.56. The summed E-state index contributed by atoms with van der Waals surface area (Å²) in [5, 5.41) is 13.2. The Morgan fingerprint density at radius 2 is 1.68 bits per heavy atom. The number of carbonyl (C=O) groups excluding carboxylic acids is 3. The van der Waals surface area contributed by atoms with E-state index in [-0.39, 0.29) is 29.5 Å². The zero-order valence-corrected chi connectivity index (χ0v) is 22.2. The number of β-lactam (4-membered cyclic amide) rings is 1. The molecule has 7 nitrogen and oxygen atoms in total. The Hall–Kier alpha value is -3.14. The topological polar surface area (TPSA) is 87.2 Å². The van der Waals surface area contributed by atoms with Gasteiger partial charge in [0.25, 0.3) is 0 Å². The molecular formula is C28H28N2O5S2. The van der Waals surface area contributed by atoms with Gasteiger partial charge in [-0.25, -0.2) is 0 Å². The first kappa shape index (κ1) is 25.5. The molecule has 9 heteroatoms. The largest absolute Gasteiger partial charge is 0.452 e. The number of aliphatic hydroxyl groups is 1. The smallest absolute Gasteiger partial charge is 0.318 e. The number of anilines is 1. The van der Waals surface area contributed by atoms with E-state index >= 15 is 0 Å². The van der Waals surface area contributed by atoms with Gasteiger partial charge in [0, 0.05) is 19.2 Å². The van der Waals surface area contributed by atoms with Gasteiger partial charge in [0.2, 0.25) is 11.8 Å². The number of esters is 1. The van der Waals surface area contributed by atoms with Crippen LogP contribution in [-0.2, 0) is 19.1 Å². The molecule has 3 unspecified atom stereocenters. The first-order valence-corrected chi connectivity index (χ1v) is 14.0. The second kappa shape index (κ2) is 10.3. The van der Waals surface area contributed by atoms with Crippen LogP contribution in [0, 0.1) is 5.41 Å². The number of fused-ring (bicyclic) bond motifs is 1. The quantitative estimate of drug-likeness (QED) is 0.362. The average Bonchev–Trinajstić information content (AvgIpc) is 3.44. The van der Waals surface area contributed by atoms with Gasteiger partial charge in [0.1, 0.15) is 16.8 Å². The number of thiophene rings is 1. The summed E-state index contributed by atoms with van der Waals surface area (Å²) in [4.78, 5) is 42.7. The molecule has 2 amide bonds. The van der Waals surface area contributed by atoms with Crippen molar-refractivity contribution in [2.75, 3.05) is 17.2 Å². The van der Waals surface area contributed by atoms with Crippen LogP contribution in [0.15, 0.2) is 78.2 Å². The lowest BCUT2D eigenvalue weighted by Crippen LogP contribution is -2.75. The van der Waals surface area contributed by atoms with Crippen molar-refractivity contribution in [3.63, 3.8) is 0 Å². The van der Waals surface area contributed by atoms with Crippen molar-refractivity contribution in [1.29, 1.82) is 0 Å². The van der Waals surface area contributed by atoms with E-state index in [2.05, 4.69) is 0 Å². The van der Waals surface area contributed by atoms with Gasteiger partial charge in [0.15, 0.2) is 6.10 Å². The Labute approximate surface area is 224 Å². The van der Waals surface area contributed by atoms with E-state index in [0.717, 1.165) is 11.1 Å². The average molecular weight is 537 g/mol. The number of hydrogen-bond acceptors (Lipinski definition) is 7. The number of hydrogen-bond donors (Lipinski definition) is 1. The van der Waals surface area contributed by atoms with Gasteiger partial charge in [-0.2, -0.15) is 0 Å². The van der Waals surface area contributed by atoms with E-state index in [9.17, 15) is 19.5 Å². The molecule has 2 aromatic carbocycles.